The van der Waals surface area contributed by atoms with E-state index in [4.69, 9.17) is 4.98 Å². The Labute approximate surface area is 150 Å². The lowest BCUT2D eigenvalue weighted by Crippen LogP contribution is -2.26. The van der Waals surface area contributed by atoms with Crippen molar-refractivity contribution >= 4 is 32.6 Å². The van der Waals surface area contributed by atoms with E-state index in [1.54, 1.807) is 11.3 Å². The van der Waals surface area contributed by atoms with E-state index in [1.165, 1.54) is 39.7 Å². The second-order valence-electron chi connectivity index (χ2n) is 6.89. The van der Waals surface area contributed by atoms with E-state index in [0.717, 1.165) is 29.3 Å². The summed E-state index contributed by atoms with van der Waals surface area (Å²) in [6.45, 7) is 4.29. The first-order chi connectivity index (χ1) is 12.3. The molecule has 5 heteroatoms. The van der Waals surface area contributed by atoms with E-state index in [0.29, 0.717) is 5.92 Å². The van der Waals surface area contributed by atoms with Crippen LogP contribution in [0, 0.1) is 6.92 Å². The minimum absolute atomic E-state index is 0.628. The molecule has 25 heavy (non-hydrogen) atoms. The Bertz CT molecular complexity index is 1060. The summed E-state index contributed by atoms with van der Waals surface area (Å²) < 4.78 is 1.19. The first-order valence-corrected chi connectivity index (χ1v) is 9.65. The molecule has 1 fully saturated rings. The lowest BCUT2D eigenvalue weighted by Gasteiger charge is -2.22. The first-order valence-electron chi connectivity index (χ1n) is 8.83. The van der Waals surface area contributed by atoms with E-state index in [-0.39, 0.29) is 0 Å². The van der Waals surface area contributed by atoms with Gasteiger partial charge in [0.2, 0.25) is 0 Å². The number of pyridine rings is 1. The molecule has 0 bridgehead atoms. The highest BCUT2D eigenvalue weighted by atomic mass is 32.1. The van der Waals surface area contributed by atoms with Gasteiger partial charge >= 0.3 is 0 Å². The largest absolute Gasteiger partial charge is 0.359 e. The molecule has 1 aliphatic heterocycles. The van der Waals surface area contributed by atoms with Gasteiger partial charge in [0.05, 0.1) is 4.70 Å². The van der Waals surface area contributed by atoms with Crippen LogP contribution >= 0.6 is 11.3 Å². The molecule has 0 atom stereocenters. The summed E-state index contributed by atoms with van der Waals surface area (Å²) in [5, 5.41) is 5.71. The summed E-state index contributed by atoms with van der Waals surface area (Å²) in [4.78, 5) is 12.8. The number of rotatable bonds is 2. The third kappa shape index (κ3) is 2.73. The van der Waals surface area contributed by atoms with Crippen LogP contribution in [0.4, 0.5) is 0 Å². The zero-order valence-electron chi connectivity index (χ0n) is 14.2. The van der Waals surface area contributed by atoms with Crippen molar-refractivity contribution in [1.82, 2.24) is 20.3 Å². The Morgan fingerprint density at radius 2 is 2.00 bits per heavy atom. The summed E-state index contributed by atoms with van der Waals surface area (Å²) in [7, 11) is 0. The van der Waals surface area contributed by atoms with Gasteiger partial charge in [0, 0.05) is 28.4 Å². The van der Waals surface area contributed by atoms with Crippen LogP contribution in [0.1, 0.15) is 30.0 Å². The zero-order valence-corrected chi connectivity index (χ0v) is 15.0. The third-order valence-corrected chi connectivity index (χ3v) is 6.12. The van der Waals surface area contributed by atoms with Crippen molar-refractivity contribution < 1.29 is 0 Å². The number of aryl methyl sites for hydroxylation is 1. The highest BCUT2D eigenvalue weighted by molar-refractivity contribution is 7.21. The SMILES string of the molecule is Cc1cc2cc(-c3nc4ncc(C5CCNCC5)cc4s3)ccc2[nH]1. The summed E-state index contributed by atoms with van der Waals surface area (Å²) in [6.07, 6.45) is 4.42. The molecule has 4 aromatic rings. The van der Waals surface area contributed by atoms with Crippen molar-refractivity contribution in [2.24, 2.45) is 0 Å². The van der Waals surface area contributed by atoms with Crippen LogP contribution in [0.5, 0.6) is 0 Å². The van der Waals surface area contributed by atoms with E-state index in [2.05, 4.69) is 52.5 Å². The number of aromatic amines is 1. The summed E-state index contributed by atoms with van der Waals surface area (Å²) in [5.41, 5.74) is 5.75. The molecule has 0 spiro atoms. The molecule has 5 rings (SSSR count). The Hall–Kier alpha value is -2.24. The van der Waals surface area contributed by atoms with Gasteiger partial charge in [-0.15, -0.1) is 11.3 Å². The van der Waals surface area contributed by atoms with Crippen LogP contribution in [0.25, 0.3) is 31.8 Å². The van der Waals surface area contributed by atoms with Crippen LogP contribution in [-0.4, -0.2) is 28.0 Å². The van der Waals surface area contributed by atoms with Gasteiger partial charge in [0.25, 0.3) is 0 Å². The molecule has 0 unspecified atom stereocenters. The number of nitrogens with one attached hydrogen (secondary N) is 2. The number of fused-ring (bicyclic) bond motifs is 2. The van der Waals surface area contributed by atoms with Crippen LogP contribution in [0.3, 0.4) is 0 Å². The van der Waals surface area contributed by atoms with Gasteiger partial charge in [-0.3, -0.25) is 0 Å². The topological polar surface area (TPSA) is 53.6 Å². The third-order valence-electron chi connectivity index (χ3n) is 5.08. The number of hydrogen-bond acceptors (Lipinski definition) is 4. The van der Waals surface area contributed by atoms with E-state index >= 15 is 0 Å². The van der Waals surface area contributed by atoms with Crippen molar-refractivity contribution in [2.45, 2.75) is 25.7 Å². The number of aromatic nitrogens is 3. The Kier molecular flexibility index (Phi) is 3.57. The molecule has 1 aliphatic rings. The fourth-order valence-electron chi connectivity index (χ4n) is 3.75. The standard InChI is InChI=1S/C20H20N4S/c1-12-8-15-9-14(2-3-17(15)23-12)20-24-19-18(25-20)10-16(11-22-19)13-4-6-21-7-5-13/h2-3,8-11,13,21,23H,4-7H2,1H3. The maximum Gasteiger partial charge on any atom is 0.170 e. The van der Waals surface area contributed by atoms with E-state index in [9.17, 15) is 0 Å². The van der Waals surface area contributed by atoms with Gasteiger partial charge in [-0.25, -0.2) is 9.97 Å². The predicted molar refractivity (Wildman–Crippen MR) is 104 cm³/mol. The van der Waals surface area contributed by atoms with Gasteiger partial charge in [-0.1, -0.05) is 0 Å². The molecule has 2 N–H and O–H groups in total. The molecule has 0 amide bonds. The second kappa shape index (κ2) is 5.93. The summed E-state index contributed by atoms with van der Waals surface area (Å²) in [6, 6.07) is 11.0. The van der Waals surface area contributed by atoms with Crippen LogP contribution < -0.4 is 5.32 Å². The second-order valence-corrected chi connectivity index (χ2v) is 7.92. The average Bonchev–Trinajstić information content (AvgIpc) is 3.23. The first kappa shape index (κ1) is 15.0. The van der Waals surface area contributed by atoms with Gasteiger partial charge in [0.15, 0.2) is 5.65 Å². The van der Waals surface area contributed by atoms with Crippen LogP contribution in [-0.2, 0) is 0 Å². The van der Waals surface area contributed by atoms with Gasteiger partial charge in [-0.05, 0) is 74.7 Å². The molecule has 0 saturated carbocycles. The highest BCUT2D eigenvalue weighted by Gasteiger charge is 2.17. The Balaban J connectivity index is 1.54. The average molecular weight is 348 g/mol. The lowest BCUT2D eigenvalue weighted by molar-refractivity contribution is 0.460. The Morgan fingerprint density at radius 3 is 2.88 bits per heavy atom. The molecule has 1 aromatic carbocycles. The van der Waals surface area contributed by atoms with Gasteiger partial charge in [0.1, 0.15) is 5.01 Å². The Morgan fingerprint density at radius 1 is 1.12 bits per heavy atom. The van der Waals surface area contributed by atoms with Crippen molar-refractivity contribution in [3.8, 4) is 10.6 Å². The molecular formula is C20H20N4S. The van der Waals surface area contributed by atoms with Crippen molar-refractivity contribution in [3.63, 3.8) is 0 Å². The molecule has 126 valence electrons. The number of H-pyrrole nitrogens is 1. The molecule has 1 saturated heterocycles. The normalized spacial score (nSPS) is 16.0. The highest BCUT2D eigenvalue weighted by Crippen LogP contribution is 2.34. The molecule has 0 aliphatic carbocycles. The number of hydrogen-bond donors (Lipinski definition) is 2. The summed E-state index contributed by atoms with van der Waals surface area (Å²) >= 11 is 1.74. The predicted octanol–water partition coefficient (Wildman–Crippen LogP) is 4.62. The quantitative estimate of drug-likeness (QED) is 0.556. The molecule has 3 aromatic heterocycles. The summed E-state index contributed by atoms with van der Waals surface area (Å²) in [5.74, 6) is 0.628. The maximum atomic E-state index is 4.77. The lowest BCUT2D eigenvalue weighted by atomic mass is 9.91. The fraction of sp³-hybridized carbons (Fsp3) is 0.300. The van der Waals surface area contributed by atoms with E-state index in [1.807, 2.05) is 6.20 Å². The molecular weight excluding hydrogens is 328 g/mol. The molecule has 0 radical (unpaired) electrons. The number of piperidine rings is 1. The molecule has 4 heterocycles. The van der Waals surface area contributed by atoms with Gasteiger partial charge < -0.3 is 10.3 Å². The van der Waals surface area contributed by atoms with Crippen LogP contribution in [0.15, 0.2) is 36.5 Å². The minimum atomic E-state index is 0.628. The minimum Gasteiger partial charge on any atom is -0.359 e. The number of nitrogens with zero attached hydrogens (tertiary/aromatic N) is 2. The number of benzene rings is 1. The van der Waals surface area contributed by atoms with E-state index < -0.39 is 0 Å². The van der Waals surface area contributed by atoms with Crippen LogP contribution in [0.2, 0.25) is 0 Å². The zero-order chi connectivity index (χ0) is 16.8. The fourth-order valence-corrected chi connectivity index (χ4v) is 4.72. The van der Waals surface area contributed by atoms with Crippen molar-refractivity contribution in [3.05, 3.63) is 47.8 Å². The maximum absolute atomic E-state index is 4.77. The monoisotopic (exact) mass is 348 g/mol. The van der Waals surface area contributed by atoms with Crippen molar-refractivity contribution in [1.29, 1.82) is 0 Å². The van der Waals surface area contributed by atoms with Gasteiger partial charge in [-0.2, -0.15) is 0 Å². The van der Waals surface area contributed by atoms with Crippen molar-refractivity contribution in [2.75, 3.05) is 13.1 Å². The number of thiazole rings is 1. The smallest absolute Gasteiger partial charge is 0.170 e. The molecule has 4 nitrogen and oxygen atoms in total.